The molecule has 0 fully saturated rings. The Morgan fingerprint density at radius 1 is 1.69 bits per heavy atom. The van der Waals surface area contributed by atoms with Gasteiger partial charge in [0.25, 0.3) is 0 Å². The van der Waals surface area contributed by atoms with Crippen LogP contribution in [-0.2, 0) is 0 Å². The lowest BCUT2D eigenvalue weighted by atomic mass is 10.3. The van der Waals surface area contributed by atoms with Crippen LogP contribution in [0.5, 0.6) is 0 Å². The Balaban J connectivity index is 0.00000144. The topological polar surface area (TPSA) is 50.2 Å². The maximum absolute atomic E-state index is 10.6. The minimum absolute atomic E-state index is 0. The molecule has 0 radical (unpaired) electrons. The summed E-state index contributed by atoms with van der Waals surface area (Å²) in [6, 6.07) is 1.72. The highest BCUT2D eigenvalue weighted by molar-refractivity contribution is 7.99. The van der Waals surface area contributed by atoms with Gasteiger partial charge in [-0.2, -0.15) is 0 Å². The molecule has 0 spiro atoms. The third kappa shape index (κ3) is 3.24. The normalized spacial score (nSPS) is 9.00. The average Bonchev–Trinajstić information content (AvgIpc) is 2.05. The van der Waals surface area contributed by atoms with Crippen LogP contribution in [0.2, 0.25) is 0 Å². The van der Waals surface area contributed by atoms with Gasteiger partial charge in [0.2, 0.25) is 0 Å². The summed E-state index contributed by atoms with van der Waals surface area (Å²) in [5.41, 5.74) is 0.282. The van der Waals surface area contributed by atoms with Gasteiger partial charge in [-0.1, -0.05) is 6.92 Å². The number of aromatic carboxylic acids is 1. The number of rotatable bonds is 3. The Hall–Kier alpha value is -0.740. The molecule has 0 aliphatic heterocycles. The summed E-state index contributed by atoms with van der Waals surface area (Å²) in [5.74, 6) is -0.0522. The molecule has 0 aliphatic carbocycles. The molecule has 3 nitrogen and oxygen atoms in total. The van der Waals surface area contributed by atoms with E-state index < -0.39 is 5.97 Å². The molecule has 13 heavy (non-hydrogen) atoms. The lowest BCUT2D eigenvalue weighted by Gasteiger charge is -2.01. The lowest BCUT2D eigenvalue weighted by Crippen LogP contribution is -1.99. The van der Waals surface area contributed by atoms with Crippen molar-refractivity contribution in [2.75, 3.05) is 5.75 Å². The zero-order valence-electron chi connectivity index (χ0n) is 7.06. The number of pyridine rings is 1. The molecule has 0 atom stereocenters. The van der Waals surface area contributed by atoms with Crippen LogP contribution in [-0.4, -0.2) is 21.8 Å². The number of carbonyl (C=O) groups is 1. The quantitative estimate of drug-likeness (QED) is 0.793. The number of carboxylic acids is 1. The first-order valence-corrected chi connectivity index (χ1v) is 4.54. The number of aromatic nitrogens is 1. The maximum atomic E-state index is 10.6. The van der Waals surface area contributed by atoms with Crippen LogP contribution in [0, 0.1) is 0 Å². The fraction of sp³-hybridized carbons (Fsp3) is 0.250. The van der Waals surface area contributed by atoms with Crippen molar-refractivity contribution < 1.29 is 9.90 Å². The molecule has 1 rings (SSSR count). The van der Waals surface area contributed by atoms with Crippen LogP contribution in [0.4, 0.5) is 0 Å². The summed E-state index contributed by atoms with van der Waals surface area (Å²) in [6.45, 7) is 1.98. The standard InChI is InChI=1S/C8H9NO2S.ClH/c1-2-12-7-3-4-9-5-6(7)8(10)11;/h3-5H,2H2,1H3,(H,10,11);1H. The highest BCUT2D eigenvalue weighted by Crippen LogP contribution is 2.20. The minimum atomic E-state index is -0.918. The maximum Gasteiger partial charge on any atom is 0.338 e. The molecular formula is C8H10ClNO2S. The van der Waals surface area contributed by atoms with E-state index in [0.29, 0.717) is 0 Å². The van der Waals surface area contributed by atoms with Crippen molar-refractivity contribution in [3.63, 3.8) is 0 Å². The summed E-state index contributed by atoms with van der Waals surface area (Å²) >= 11 is 1.51. The number of thioether (sulfide) groups is 1. The molecule has 5 heteroatoms. The van der Waals surface area contributed by atoms with Gasteiger partial charge in [0, 0.05) is 17.3 Å². The van der Waals surface area contributed by atoms with E-state index in [1.807, 2.05) is 6.92 Å². The van der Waals surface area contributed by atoms with Crippen LogP contribution < -0.4 is 0 Å². The van der Waals surface area contributed by atoms with E-state index in [2.05, 4.69) is 4.98 Å². The van der Waals surface area contributed by atoms with E-state index in [-0.39, 0.29) is 18.0 Å². The Kier molecular flexibility index (Phi) is 5.50. The van der Waals surface area contributed by atoms with Gasteiger partial charge in [0.15, 0.2) is 0 Å². The average molecular weight is 220 g/mol. The molecule has 0 saturated carbocycles. The van der Waals surface area contributed by atoms with Gasteiger partial charge >= 0.3 is 5.97 Å². The van der Waals surface area contributed by atoms with E-state index in [1.165, 1.54) is 18.0 Å². The Morgan fingerprint density at radius 2 is 2.38 bits per heavy atom. The van der Waals surface area contributed by atoms with Crippen molar-refractivity contribution in [1.29, 1.82) is 0 Å². The second kappa shape index (κ2) is 5.83. The van der Waals surface area contributed by atoms with Crippen LogP contribution in [0.3, 0.4) is 0 Å². The fourth-order valence-electron chi connectivity index (χ4n) is 0.824. The van der Waals surface area contributed by atoms with Crippen LogP contribution in [0.15, 0.2) is 23.4 Å². The van der Waals surface area contributed by atoms with Crippen molar-refractivity contribution in [2.24, 2.45) is 0 Å². The van der Waals surface area contributed by atoms with Gasteiger partial charge in [0.1, 0.15) is 0 Å². The number of halogens is 1. The second-order valence-electron chi connectivity index (χ2n) is 2.11. The molecule has 0 bridgehead atoms. The highest BCUT2D eigenvalue weighted by Gasteiger charge is 2.08. The zero-order chi connectivity index (χ0) is 8.97. The van der Waals surface area contributed by atoms with Crippen molar-refractivity contribution in [2.45, 2.75) is 11.8 Å². The fourth-order valence-corrected chi connectivity index (χ4v) is 1.59. The van der Waals surface area contributed by atoms with E-state index in [0.717, 1.165) is 10.6 Å². The summed E-state index contributed by atoms with van der Waals surface area (Å²) < 4.78 is 0. The molecule has 0 saturated heterocycles. The summed E-state index contributed by atoms with van der Waals surface area (Å²) in [7, 11) is 0. The van der Waals surface area contributed by atoms with Crippen LogP contribution in [0.1, 0.15) is 17.3 Å². The summed E-state index contributed by atoms with van der Waals surface area (Å²) in [6.07, 6.45) is 2.98. The van der Waals surface area contributed by atoms with Gasteiger partial charge < -0.3 is 5.11 Å². The number of hydrogen-bond acceptors (Lipinski definition) is 3. The van der Waals surface area contributed by atoms with Crippen LogP contribution >= 0.6 is 24.2 Å². The van der Waals surface area contributed by atoms with E-state index in [9.17, 15) is 4.79 Å². The van der Waals surface area contributed by atoms with Crippen molar-refractivity contribution in [1.82, 2.24) is 4.98 Å². The molecule has 0 amide bonds. The molecule has 1 aromatic heterocycles. The van der Waals surface area contributed by atoms with Gasteiger partial charge in [-0.25, -0.2) is 4.79 Å². The molecule has 1 N–H and O–H groups in total. The first-order valence-electron chi connectivity index (χ1n) is 3.55. The summed E-state index contributed by atoms with van der Waals surface area (Å²) in [4.78, 5) is 15.2. The highest BCUT2D eigenvalue weighted by atomic mass is 35.5. The largest absolute Gasteiger partial charge is 0.478 e. The molecule has 0 aliphatic rings. The van der Waals surface area contributed by atoms with E-state index in [4.69, 9.17) is 5.11 Å². The van der Waals surface area contributed by atoms with Crippen molar-refractivity contribution in [3.8, 4) is 0 Å². The smallest absolute Gasteiger partial charge is 0.338 e. The first-order chi connectivity index (χ1) is 5.75. The Bertz CT molecular complexity index is 293. The zero-order valence-corrected chi connectivity index (χ0v) is 8.69. The third-order valence-electron chi connectivity index (χ3n) is 1.31. The van der Waals surface area contributed by atoms with Crippen molar-refractivity contribution in [3.05, 3.63) is 24.0 Å². The first kappa shape index (κ1) is 12.3. The van der Waals surface area contributed by atoms with Gasteiger partial charge in [-0.05, 0) is 11.8 Å². The predicted octanol–water partition coefficient (Wildman–Crippen LogP) is 2.31. The van der Waals surface area contributed by atoms with Gasteiger partial charge in [0.05, 0.1) is 5.56 Å². The number of carboxylic acid groups (broad SMARTS) is 1. The number of nitrogens with zero attached hydrogens (tertiary/aromatic N) is 1. The summed E-state index contributed by atoms with van der Waals surface area (Å²) in [5, 5.41) is 8.74. The monoisotopic (exact) mass is 219 g/mol. The lowest BCUT2D eigenvalue weighted by molar-refractivity contribution is 0.0692. The second-order valence-corrected chi connectivity index (χ2v) is 3.42. The molecule has 0 unspecified atom stereocenters. The minimum Gasteiger partial charge on any atom is -0.478 e. The van der Waals surface area contributed by atoms with Crippen molar-refractivity contribution >= 4 is 30.1 Å². The van der Waals surface area contributed by atoms with Gasteiger partial charge in [-0.3, -0.25) is 4.98 Å². The van der Waals surface area contributed by atoms with E-state index in [1.54, 1.807) is 12.3 Å². The Labute approximate surface area is 87.0 Å². The molecule has 0 aromatic carbocycles. The van der Waals surface area contributed by atoms with Gasteiger partial charge in [-0.15, -0.1) is 24.2 Å². The van der Waals surface area contributed by atoms with E-state index >= 15 is 0 Å². The molecule has 1 heterocycles. The molecule has 1 aromatic rings. The molecular weight excluding hydrogens is 210 g/mol. The predicted molar refractivity (Wildman–Crippen MR) is 54.8 cm³/mol. The number of hydrogen-bond donors (Lipinski definition) is 1. The molecule has 72 valence electrons. The SMILES string of the molecule is CCSc1ccncc1C(=O)O.Cl. The third-order valence-corrected chi connectivity index (χ3v) is 2.27. The Morgan fingerprint density at radius 3 is 2.92 bits per heavy atom. The van der Waals surface area contributed by atoms with Crippen LogP contribution in [0.25, 0.3) is 0 Å².